The summed E-state index contributed by atoms with van der Waals surface area (Å²) in [7, 11) is 0. The van der Waals surface area contributed by atoms with Gasteiger partial charge >= 0.3 is 6.18 Å². The second-order valence-corrected chi connectivity index (χ2v) is 4.54. The van der Waals surface area contributed by atoms with Gasteiger partial charge in [0.1, 0.15) is 5.75 Å². The summed E-state index contributed by atoms with van der Waals surface area (Å²) in [5.74, 6) is -1.51. The second-order valence-electron chi connectivity index (χ2n) is 4.54. The van der Waals surface area contributed by atoms with Gasteiger partial charge in [0.15, 0.2) is 11.6 Å². The molecule has 21 heavy (non-hydrogen) atoms. The summed E-state index contributed by atoms with van der Waals surface area (Å²) in [6, 6.07) is 8.11. The molecule has 2 nitrogen and oxygen atoms in total. The number of para-hydroxylation sites is 2. The highest BCUT2D eigenvalue weighted by atomic mass is 19.4. The zero-order chi connectivity index (χ0) is 15.6. The molecule has 2 aromatic rings. The van der Waals surface area contributed by atoms with Gasteiger partial charge in [-0.2, -0.15) is 13.2 Å². The summed E-state index contributed by atoms with van der Waals surface area (Å²) < 4.78 is 57.8. The number of hydrogen-bond donors (Lipinski definition) is 1. The fourth-order valence-corrected chi connectivity index (χ4v) is 1.89. The molecule has 2 aromatic carbocycles. The van der Waals surface area contributed by atoms with Crippen LogP contribution in [0.5, 0.6) is 11.5 Å². The first-order valence-corrected chi connectivity index (χ1v) is 6.18. The van der Waals surface area contributed by atoms with Crippen LogP contribution in [0.15, 0.2) is 42.5 Å². The quantitative estimate of drug-likeness (QED) is 0.837. The molecule has 112 valence electrons. The molecule has 0 aromatic heterocycles. The number of ether oxygens (including phenoxy) is 1. The van der Waals surface area contributed by atoms with Gasteiger partial charge in [-0.05, 0) is 25.1 Å². The van der Waals surface area contributed by atoms with Crippen molar-refractivity contribution in [3.63, 3.8) is 0 Å². The van der Waals surface area contributed by atoms with Crippen LogP contribution in [0.25, 0.3) is 0 Å². The highest BCUT2D eigenvalue weighted by Gasteiger charge is 2.34. The van der Waals surface area contributed by atoms with Crippen molar-refractivity contribution in [3.8, 4) is 11.5 Å². The lowest BCUT2D eigenvalue weighted by atomic mass is 10.1. The lowest BCUT2D eigenvalue weighted by Crippen LogP contribution is -2.10. The van der Waals surface area contributed by atoms with Crippen molar-refractivity contribution >= 4 is 0 Å². The molecule has 2 N–H and O–H groups in total. The highest BCUT2D eigenvalue weighted by molar-refractivity contribution is 5.44. The van der Waals surface area contributed by atoms with E-state index in [-0.39, 0.29) is 5.75 Å². The SMILES string of the molecule is CC(N)c1cccc(F)c1Oc1ccccc1C(F)(F)F. The maximum atomic E-state index is 13.9. The predicted octanol–water partition coefficient (Wildman–Crippen LogP) is 4.66. The highest BCUT2D eigenvalue weighted by Crippen LogP contribution is 2.39. The van der Waals surface area contributed by atoms with Crippen LogP contribution in [0.2, 0.25) is 0 Å². The molecule has 0 aliphatic rings. The first kappa shape index (κ1) is 15.3. The van der Waals surface area contributed by atoms with Crippen LogP contribution in [0.4, 0.5) is 17.6 Å². The third kappa shape index (κ3) is 3.33. The lowest BCUT2D eigenvalue weighted by molar-refractivity contribution is -0.138. The van der Waals surface area contributed by atoms with E-state index in [4.69, 9.17) is 10.5 Å². The summed E-state index contributed by atoms with van der Waals surface area (Å²) in [5, 5.41) is 0. The maximum Gasteiger partial charge on any atom is 0.419 e. The molecule has 1 atom stereocenters. The Morgan fingerprint density at radius 2 is 1.71 bits per heavy atom. The van der Waals surface area contributed by atoms with E-state index in [1.54, 1.807) is 6.92 Å². The minimum Gasteiger partial charge on any atom is -0.453 e. The molecule has 0 aliphatic carbocycles. The summed E-state index contributed by atoms with van der Waals surface area (Å²) in [4.78, 5) is 0. The first-order chi connectivity index (χ1) is 9.80. The molecule has 0 aliphatic heterocycles. The standard InChI is InChI=1S/C15H13F4NO/c1-9(20)10-5-4-7-12(16)14(10)21-13-8-3-2-6-11(13)15(17,18)19/h2-9H,20H2,1H3. The van der Waals surface area contributed by atoms with Gasteiger partial charge < -0.3 is 10.5 Å². The molecule has 6 heteroatoms. The van der Waals surface area contributed by atoms with Crippen molar-refractivity contribution in [1.82, 2.24) is 0 Å². The van der Waals surface area contributed by atoms with E-state index < -0.39 is 29.3 Å². The topological polar surface area (TPSA) is 35.2 Å². The van der Waals surface area contributed by atoms with Crippen LogP contribution in [0, 0.1) is 5.82 Å². The van der Waals surface area contributed by atoms with Crippen LogP contribution in [-0.4, -0.2) is 0 Å². The minimum atomic E-state index is -4.59. The molecule has 0 spiro atoms. The van der Waals surface area contributed by atoms with Gasteiger partial charge in [-0.25, -0.2) is 4.39 Å². The van der Waals surface area contributed by atoms with E-state index in [9.17, 15) is 17.6 Å². The molecular formula is C15H13F4NO. The average molecular weight is 299 g/mol. The fourth-order valence-electron chi connectivity index (χ4n) is 1.89. The van der Waals surface area contributed by atoms with Gasteiger partial charge in [0, 0.05) is 11.6 Å². The summed E-state index contributed by atoms with van der Waals surface area (Å²) in [5.41, 5.74) is 5.02. The summed E-state index contributed by atoms with van der Waals surface area (Å²) in [6.07, 6.45) is -4.59. The number of nitrogens with two attached hydrogens (primary N) is 1. The van der Waals surface area contributed by atoms with Crippen molar-refractivity contribution in [3.05, 3.63) is 59.4 Å². The van der Waals surface area contributed by atoms with Crippen LogP contribution >= 0.6 is 0 Å². The second kappa shape index (κ2) is 5.73. The molecule has 0 saturated heterocycles. The Hall–Kier alpha value is -2.08. The minimum absolute atomic E-state index is 0.288. The number of rotatable bonds is 3. The molecule has 2 rings (SSSR count). The van der Waals surface area contributed by atoms with Crippen molar-refractivity contribution in [2.24, 2.45) is 5.73 Å². The largest absolute Gasteiger partial charge is 0.453 e. The third-order valence-electron chi connectivity index (χ3n) is 2.89. The zero-order valence-electron chi connectivity index (χ0n) is 11.1. The van der Waals surface area contributed by atoms with Crippen LogP contribution in [0.3, 0.4) is 0 Å². The van der Waals surface area contributed by atoms with Crippen molar-refractivity contribution in [1.29, 1.82) is 0 Å². The molecule has 0 radical (unpaired) electrons. The fraction of sp³-hybridized carbons (Fsp3) is 0.200. The Kier molecular flexibility index (Phi) is 4.18. The monoisotopic (exact) mass is 299 g/mol. The zero-order valence-corrected chi connectivity index (χ0v) is 11.1. The molecule has 0 fully saturated rings. The van der Waals surface area contributed by atoms with E-state index in [1.165, 1.54) is 24.3 Å². The third-order valence-corrected chi connectivity index (χ3v) is 2.89. The van der Waals surface area contributed by atoms with E-state index in [2.05, 4.69) is 0 Å². The van der Waals surface area contributed by atoms with Gasteiger partial charge in [-0.15, -0.1) is 0 Å². The maximum absolute atomic E-state index is 13.9. The normalized spacial score (nSPS) is 13.0. The molecule has 0 heterocycles. The Balaban J connectivity index is 2.49. The van der Waals surface area contributed by atoms with Crippen molar-refractivity contribution in [2.45, 2.75) is 19.1 Å². The van der Waals surface area contributed by atoms with Gasteiger partial charge in [0.05, 0.1) is 5.56 Å². The van der Waals surface area contributed by atoms with E-state index in [0.29, 0.717) is 5.56 Å². The number of benzene rings is 2. The van der Waals surface area contributed by atoms with Crippen LogP contribution in [-0.2, 0) is 6.18 Å². The number of alkyl halides is 3. The summed E-state index contributed by atoms with van der Waals surface area (Å²) >= 11 is 0. The Morgan fingerprint density at radius 1 is 1.05 bits per heavy atom. The molecule has 0 bridgehead atoms. The van der Waals surface area contributed by atoms with E-state index in [0.717, 1.165) is 18.2 Å². The number of hydrogen-bond acceptors (Lipinski definition) is 2. The smallest absolute Gasteiger partial charge is 0.419 e. The lowest BCUT2D eigenvalue weighted by Gasteiger charge is -2.17. The van der Waals surface area contributed by atoms with Crippen LogP contribution < -0.4 is 10.5 Å². The number of halogens is 4. The van der Waals surface area contributed by atoms with E-state index >= 15 is 0 Å². The van der Waals surface area contributed by atoms with E-state index in [1.807, 2.05) is 0 Å². The van der Waals surface area contributed by atoms with Crippen molar-refractivity contribution < 1.29 is 22.3 Å². The van der Waals surface area contributed by atoms with Gasteiger partial charge in [0.25, 0.3) is 0 Å². The molecule has 0 saturated carbocycles. The molecule has 1 unspecified atom stereocenters. The Bertz CT molecular complexity index is 638. The predicted molar refractivity (Wildman–Crippen MR) is 70.5 cm³/mol. The molecule has 0 amide bonds. The Morgan fingerprint density at radius 3 is 2.33 bits per heavy atom. The Labute approximate surface area is 119 Å². The van der Waals surface area contributed by atoms with Gasteiger partial charge in [-0.3, -0.25) is 0 Å². The first-order valence-electron chi connectivity index (χ1n) is 6.18. The van der Waals surface area contributed by atoms with Crippen molar-refractivity contribution in [2.75, 3.05) is 0 Å². The van der Waals surface area contributed by atoms with Crippen LogP contribution in [0.1, 0.15) is 24.1 Å². The summed E-state index contributed by atoms with van der Waals surface area (Å²) in [6.45, 7) is 1.59. The van der Waals surface area contributed by atoms with Gasteiger partial charge in [0.2, 0.25) is 0 Å². The van der Waals surface area contributed by atoms with Gasteiger partial charge in [-0.1, -0.05) is 24.3 Å². The molecular weight excluding hydrogens is 286 g/mol. The average Bonchev–Trinajstić information content (AvgIpc) is 2.40.